The van der Waals surface area contributed by atoms with Crippen molar-refractivity contribution in [3.63, 3.8) is 0 Å². The number of pyridine rings is 1. The predicted octanol–water partition coefficient (Wildman–Crippen LogP) is 3.07. The second-order valence-corrected chi connectivity index (χ2v) is 7.30. The van der Waals surface area contributed by atoms with Gasteiger partial charge < -0.3 is 10.4 Å². The van der Waals surface area contributed by atoms with Crippen LogP contribution in [0.4, 0.5) is 0 Å². The van der Waals surface area contributed by atoms with Gasteiger partial charge in [0.1, 0.15) is 5.15 Å². The molecule has 0 radical (unpaired) electrons. The van der Waals surface area contributed by atoms with E-state index in [9.17, 15) is 9.90 Å². The first-order valence-corrected chi connectivity index (χ1v) is 7.75. The van der Waals surface area contributed by atoms with Crippen molar-refractivity contribution in [1.82, 2.24) is 10.3 Å². The number of halogens is 1. The van der Waals surface area contributed by atoms with E-state index in [0.29, 0.717) is 10.7 Å². The Morgan fingerprint density at radius 2 is 2.00 bits per heavy atom. The van der Waals surface area contributed by atoms with Crippen LogP contribution in [-0.4, -0.2) is 28.1 Å². The zero-order chi connectivity index (χ0) is 15.7. The molecule has 2 N–H and O–H groups in total. The Balaban J connectivity index is 2.25. The van der Waals surface area contributed by atoms with Crippen LogP contribution in [-0.2, 0) is 5.41 Å². The highest BCUT2D eigenvalue weighted by Gasteiger charge is 2.35. The largest absolute Gasteiger partial charge is 0.394 e. The number of nitrogens with one attached hydrogen (secondary N) is 1. The highest BCUT2D eigenvalue weighted by Crippen LogP contribution is 2.30. The Morgan fingerprint density at radius 3 is 2.52 bits per heavy atom. The van der Waals surface area contributed by atoms with Gasteiger partial charge in [-0.3, -0.25) is 4.79 Å². The van der Waals surface area contributed by atoms with Crippen molar-refractivity contribution in [3.8, 4) is 0 Å². The van der Waals surface area contributed by atoms with Gasteiger partial charge in [-0.25, -0.2) is 4.98 Å². The minimum Gasteiger partial charge on any atom is -0.394 e. The van der Waals surface area contributed by atoms with Gasteiger partial charge in [-0.1, -0.05) is 45.2 Å². The summed E-state index contributed by atoms with van der Waals surface area (Å²) >= 11 is 6.04. The molecular weight excluding hydrogens is 288 g/mol. The van der Waals surface area contributed by atoms with Gasteiger partial charge in [0, 0.05) is 16.7 Å². The van der Waals surface area contributed by atoms with E-state index in [0.717, 1.165) is 31.4 Å². The number of amides is 1. The molecule has 1 fully saturated rings. The minimum absolute atomic E-state index is 0.0241. The summed E-state index contributed by atoms with van der Waals surface area (Å²) in [6.45, 7) is 6.06. The summed E-state index contributed by atoms with van der Waals surface area (Å²) in [4.78, 5) is 16.8. The SMILES string of the molecule is CC(C)(C)c1cc(C(=O)NC2(CO)CCCC2)cc(Cl)n1. The summed E-state index contributed by atoms with van der Waals surface area (Å²) in [6.07, 6.45) is 3.71. The summed E-state index contributed by atoms with van der Waals surface area (Å²) in [5.41, 5.74) is 0.626. The van der Waals surface area contributed by atoms with Crippen LogP contribution in [0.2, 0.25) is 5.15 Å². The number of aromatic nitrogens is 1. The van der Waals surface area contributed by atoms with Crippen molar-refractivity contribution < 1.29 is 9.90 Å². The van der Waals surface area contributed by atoms with Crippen LogP contribution in [0.5, 0.6) is 0 Å². The molecule has 1 amide bonds. The van der Waals surface area contributed by atoms with Gasteiger partial charge in [0.05, 0.1) is 12.1 Å². The number of rotatable bonds is 3. The fourth-order valence-corrected chi connectivity index (χ4v) is 2.91. The average molecular weight is 311 g/mol. The van der Waals surface area contributed by atoms with Gasteiger partial charge in [-0.2, -0.15) is 0 Å². The Morgan fingerprint density at radius 1 is 1.38 bits per heavy atom. The van der Waals surface area contributed by atoms with Gasteiger partial charge in [-0.15, -0.1) is 0 Å². The molecule has 1 aromatic rings. The molecule has 4 nitrogen and oxygen atoms in total. The predicted molar refractivity (Wildman–Crippen MR) is 83.7 cm³/mol. The van der Waals surface area contributed by atoms with Crippen molar-refractivity contribution >= 4 is 17.5 Å². The number of carbonyl (C=O) groups excluding carboxylic acids is 1. The van der Waals surface area contributed by atoms with E-state index in [1.165, 1.54) is 0 Å². The van der Waals surface area contributed by atoms with E-state index < -0.39 is 5.54 Å². The molecule has 1 aliphatic carbocycles. The topological polar surface area (TPSA) is 62.2 Å². The molecule has 5 heteroatoms. The van der Waals surface area contributed by atoms with E-state index in [-0.39, 0.29) is 17.9 Å². The Bertz CT molecular complexity index is 532. The normalized spacial score (nSPS) is 17.8. The van der Waals surface area contributed by atoms with Crippen molar-refractivity contribution in [1.29, 1.82) is 0 Å². The lowest BCUT2D eigenvalue weighted by Gasteiger charge is -2.28. The molecule has 0 aliphatic heterocycles. The molecule has 1 heterocycles. The van der Waals surface area contributed by atoms with E-state index in [4.69, 9.17) is 11.6 Å². The first kappa shape index (κ1) is 16.2. The summed E-state index contributed by atoms with van der Waals surface area (Å²) in [7, 11) is 0. The van der Waals surface area contributed by atoms with Crippen LogP contribution >= 0.6 is 11.6 Å². The van der Waals surface area contributed by atoms with Crippen molar-refractivity contribution in [3.05, 3.63) is 28.5 Å². The highest BCUT2D eigenvalue weighted by atomic mass is 35.5. The zero-order valence-corrected chi connectivity index (χ0v) is 13.6. The first-order chi connectivity index (χ1) is 9.76. The van der Waals surface area contributed by atoms with Crippen LogP contribution in [0.15, 0.2) is 12.1 Å². The van der Waals surface area contributed by atoms with Crippen LogP contribution < -0.4 is 5.32 Å². The third-order valence-corrected chi connectivity index (χ3v) is 4.26. The van der Waals surface area contributed by atoms with Crippen molar-refractivity contribution in [2.24, 2.45) is 0 Å². The maximum Gasteiger partial charge on any atom is 0.251 e. The Labute approximate surface area is 130 Å². The number of aliphatic hydroxyl groups is 1. The molecule has 0 bridgehead atoms. The number of nitrogens with zero attached hydrogens (tertiary/aromatic N) is 1. The molecule has 0 atom stereocenters. The van der Waals surface area contributed by atoms with Gasteiger partial charge >= 0.3 is 0 Å². The van der Waals surface area contributed by atoms with E-state index >= 15 is 0 Å². The fraction of sp³-hybridized carbons (Fsp3) is 0.625. The van der Waals surface area contributed by atoms with E-state index in [1.807, 2.05) is 20.8 Å². The minimum atomic E-state index is -0.477. The van der Waals surface area contributed by atoms with Crippen molar-refractivity contribution in [2.45, 2.75) is 57.4 Å². The van der Waals surface area contributed by atoms with Crippen molar-refractivity contribution in [2.75, 3.05) is 6.61 Å². The Kier molecular flexibility index (Phi) is 4.59. The lowest BCUT2D eigenvalue weighted by Crippen LogP contribution is -2.49. The molecule has 1 aliphatic rings. The molecule has 2 rings (SSSR count). The number of carbonyl (C=O) groups is 1. The standard InChI is InChI=1S/C16H23ClN2O2/c1-15(2,3)12-8-11(9-13(17)18-12)14(21)19-16(10-20)6-4-5-7-16/h8-9,20H,4-7,10H2,1-3H3,(H,19,21). The molecule has 0 saturated heterocycles. The second-order valence-electron chi connectivity index (χ2n) is 6.91. The Hall–Kier alpha value is -1.13. The third-order valence-electron chi connectivity index (χ3n) is 4.07. The monoisotopic (exact) mass is 310 g/mol. The van der Waals surface area contributed by atoms with Gasteiger partial charge in [0.15, 0.2) is 0 Å². The second kappa shape index (κ2) is 5.93. The maximum absolute atomic E-state index is 12.5. The molecule has 0 spiro atoms. The molecule has 21 heavy (non-hydrogen) atoms. The zero-order valence-electron chi connectivity index (χ0n) is 12.9. The summed E-state index contributed by atoms with van der Waals surface area (Å²) in [5.74, 6) is -0.194. The molecule has 1 saturated carbocycles. The maximum atomic E-state index is 12.5. The summed E-state index contributed by atoms with van der Waals surface area (Å²) < 4.78 is 0. The molecule has 116 valence electrons. The smallest absolute Gasteiger partial charge is 0.251 e. The molecule has 0 aromatic carbocycles. The quantitative estimate of drug-likeness (QED) is 0.843. The molecule has 0 unspecified atom stereocenters. The van der Waals surface area contributed by atoms with E-state index in [2.05, 4.69) is 10.3 Å². The van der Waals surface area contributed by atoms with Crippen LogP contribution in [0.1, 0.15) is 62.5 Å². The van der Waals surface area contributed by atoms with Gasteiger partial charge in [0.2, 0.25) is 0 Å². The molecular formula is C16H23ClN2O2. The van der Waals surface area contributed by atoms with Crippen LogP contribution in [0, 0.1) is 0 Å². The number of hydrogen-bond donors (Lipinski definition) is 2. The molecule has 1 aromatic heterocycles. The van der Waals surface area contributed by atoms with Gasteiger partial charge in [0.25, 0.3) is 5.91 Å². The van der Waals surface area contributed by atoms with Gasteiger partial charge in [-0.05, 0) is 25.0 Å². The van der Waals surface area contributed by atoms with E-state index in [1.54, 1.807) is 12.1 Å². The lowest BCUT2D eigenvalue weighted by molar-refractivity contribution is 0.0838. The fourth-order valence-electron chi connectivity index (χ4n) is 2.70. The van der Waals surface area contributed by atoms with Crippen LogP contribution in [0.25, 0.3) is 0 Å². The lowest BCUT2D eigenvalue weighted by atomic mass is 9.90. The highest BCUT2D eigenvalue weighted by molar-refractivity contribution is 6.29. The third kappa shape index (κ3) is 3.74. The number of aliphatic hydroxyl groups excluding tert-OH is 1. The summed E-state index contributed by atoms with van der Waals surface area (Å²) in [5, 5.41) is 12.9. The van der Waals surface area contributed by atoms with Crippen LogP contribution in [0.3, 0.4) is 0 Å². The average Bonchev–Trinajstić information content (AvgIpc) is 2.86. The first-order valence-electron chi connectivity index (χ1n) is 7.37. The summed E-state index contributed by atoms with van der Waals surface area (Å²) in [6, 6.07) is 3.35. The number of hydrogen-bond acceptors (Lipinski definition) is 3.